The number of nitrogens with one attached hydrogen (secondary N) is 1. The highest BCUT2D eigenvalue weighted by molar-refractivity contribution is 6.09. The average molecular weight is 496 g/mol. The summed E-state index contributed by atoms with van der Waals surface area (Å²) in [5.41, 5.74) is 4.57. The molecule has 0 aromatic heterocycles. The van der Waals surface area contributed by atoms with Gasteiger partial charge in [0.15, 0.2) is 5.84 Å². The lowest BCUT2D eigenvalue weighted by Gasteiger charge is -2.38. The number of amides is 2. The molecule has 190 valence electrons. The number of amidine groups is 1. The van der Waals surface area contributed by atoms with E-state index in [2.05, 4.69) is 15.4 Å². The highest BCUT2D eigenvalue weighted by Gasteiger charge is 2.35. The number of carbonyl (C=O) groups excluding carboxylic acids is 2. The third kappa shape index (κ3) is 4.43. The van der Waals surface area contributed by atoms with Gasteiger partial charge in [-0.3, -0.25) is 4.79 Å². The van der Waals surface area contributed by atoms with Crippen LogP contribution in [0.2, 0.25) is 0 Å². The van der Waals surface area contributed by atoms with E-state index in [9.17, 15) is 9.59 Å². The van der Waals surface area contributed by atoms with Crippen LogP contribution in [-0.4, -0.2) is 67.2 Å². The van der Waals surface area contributed by atoms with Gasteiger partial charge >= 0.3 is 6.09 Å². The van der Waals surface area contributed by atoms with Gasteiger partial charge in [-0.05, 0) is 57.5 Å². The molecule has 0 aliphatic carbocycles. The second-order valence-corrected chi connectivity index (χ2v) is 10.1. The smallest absolute Gasteiger partial charge is 0.410 e. The van der Waals surface area contributed by atoms with Crippen molar-refractivity contribution in [1.82, 2.24) is 10.3 Å². The molecule has 0 spiro atoms. The Bertz CT molecular complexity index is 1230. The first-order valence-corrected chi connectivity index (χ1v) is 12.1. The van der Waals surface area contributed by atoms with Crippen LogP contribution < -0.4 is 20.0 Å². The Hall–Kier alpha value is -3.82. The first kappa shape index (κ1) is 23.9. The predicted octanol–water partition coefficient (Wildman–Crippen LogP) is 3.58. The zero-order valence-electron chi connectivity index (χ0n) is 20.9. The van der Waals surface area contributed by atoms with Crippen molar-refractivity contribution >= 4 is 29.2 Å². The molecule has 1 fully saturated rings. The highest BCUT2D eigenvalue weighted by atomic mass is 19.1. The second kappa shape index (κ2) is 9.00. The summed E-state index contributed by atoms with van der Waals surface area (Å²) in [6.45, 7) is 9.61. The van der Waals surface area contributed by atoms with E-state index in [1.54, 1.807) is 17.9 Å². The first-order valence-electron chi connectivity index (χ1n) is 12.1. The van der Waals surface area contributed by atoms with Gasteiger partial charge in [0.25, 0.3) is 5.91 Å². The number of halogens is 1. The molecule has 2 amide bonds. The molecule has 0 unspecified atom stereocenters. The molecular formula is C26H30FN5O4. The highest BCUT2D eigenvalue weighted by Crippen LogP contribution is 2.41. The third-order valence-corrected chi connectivity index (χ3v) is 6.47. The topological polar surface area (TPSA) is 86.7 Å². The zero-order chi connectivity index (χ0) is 25.6. The van der Waals surface area contributed by atoms with Crippen molar-refractivity contribution < 1.29 is 23.5 Å². The molecule has 3 aliphatic heterocycles. The molecule has 1 N–H and O–H groups in total. The van der Waals surface area contributed by atoms with Crippen molar-refractivity contribution in [3.63, 3.8) is 0 Å². The average Bonchev–Trinajstić information content (AvgIpc) is 2.84. The number of nitrogens with zero attached hydrogens (tertiary/aromatic N) is 4. The lowest BCUT2D eigenvalue weighted by atomic mass is 9.99. The Kier molecular flexibility index (Phi) is 5.97. The Labute approximate surface area is 209 Å². The fraction of sp³-hybridized carbons (Fsp3) is 0.423. The molecule has 1 saturated heterocycles. The molecular weight excluding hydrogens is 465 g/mol. The molecule has 0 saturated carbocycles. The van der Waals surface area contributed by atoms with E-state index < -0.39 is 11.6 Å². The molecule has 0 bridgehead atoms. The summed E-state index contributed by atoms with van der Waals surface area (Å²) in [7, 11) is 0. The minimum atomic E-state index is -0.555. The van der Waals surface area contributed by atoms with E-state index in [1.165, 1.54) is 6.07 Å². The number of benzene rings is 2. The summed E-state index contributed by atoms with van der Waals surface area (Å²) in [4.78, 5) is 30.2. The van der Waals surface area contributed by atoms with Gasteiger partial charge in [-0.2, -0.15) is 5.10 Å². The van der Waals surface area contributed by atoms with E-state index >= 15 is 4.39 Å². The molecule has 10 heteroatoms. The number of hydrogen-bond donors (Lipinski definition) is 1. The van der Waals surface area contributed by atoms with Crippen LogP contribution in [0.3, 0.4) is 0 Å². The summed E-state index contributed by atoms with van der Waals surface area (Å²) in [6.07, 6.45) is -0.336. The van der Waals surface area contributed by atoms with Crippen molar-refractivity contribution in [2.45, 2.75) is 39.3 Å². The largest absolute Gasteiger partial charge is 0.483 e. The number of hydrazone groups is 1. The van der Waals surface area contributed by atoms with Crippen molar-refractivity contribution in [3.05, 3.63) is 42.2 Å². The zero-order valence-corrected chi connectivity index (χ0v) is 20.9. The molecule has 3 aliphatic rings. The second-order valence-electron chi connectivity index (χ2n) is 10.1. The van der Waals surface area contributed by atoms with Crippen molar-refractivity contribution in [1.29, 1.82) is 0 Å². The summed E-state index contributed by atoms with van der Waals surface area (Å²) in [6, 6.07) is 10.1. The SMILES string of the molecule is C[C@H]1C(=O)NN=C2COc3cc(-c4c(F)cccc4N4CCN(C(=O)OC(C)(C)C)CC4)ccc3N21. The van der Waals surface area contributed by atoms with Gasteiger partial charge in [-0.25, -0.2) is 14.6 Å². The lowest BCUT2D eigenvalue weighted by molar-refractivity contribution is -0.122. The fourth-order valence-corrected chi connectivity index (χ4v) is 4.70. The van der Waals surface area contributed by atoms with E-state index in [0.717, 1.165) is 11.4 Å². The monoisotopic (exact) mass is 495 g/mol. The molecule has 1 atom stereocenters. The number of ether oxygens (including phenoxy) is 2. The quantitative estimate of drug-likeness (QED) is 0.686. The molecule has 0 radical (unpaired) electrons. The number of piperazine rings is 1. The number of fused-ring (bicyclic) bond motifs is 3. The normalized spacial score (nSPS) is 19.6. The van der Waals surface area contributed by atoms with Crippen LogP contribution in [0.4, 0.5) is 20.6 Å². The summed E-state index contributed by atoms with van der Waals surface area (Å²) < 4.78 is 26.7. The number of carbonyl (C=O) groups is 2. The molecule has 9 nitrogen and oxygen atoms in total. The predicted molar refractivity (Wildman–Crippen MR) is 135 cm³/mol. The standard InChI is InChI=1S/C26H30FN5O4/c1-16-24(33)29-28-22-15-35-21-14-17(8-9-19(21)32(16)22)23-18(27)6-5-7-20(23)30-10-12-31(13-11-30)25(34)36-26(2,3)4/h5-9,14,16H,10-13,15H2,1-4H3,(H,29,33)/t16-/m0/s1. The van der Waals surface area contributed by atoms with Crippen LogP contribution in [0, 0.1) is 5.82 Å². The maximum Gasteiger partial charge on any atom is 0.410 e. The van der Waals surface area contributed by atoms with Crippen LogP contribution in [0.1, 0.15) is 27.7 Å². The molecule has 2 aromatic rings. The van der Waals surface area contributed by atoms with Crippen LogP contribution in [0.25, 0.3) is 11.1 Å². The Morgan fingerprint density at radius 1 is 1.14 bits per heavy atom. The van der Waals surface area contributed by atoms with Crippen molar-refractivity contribution in [2.75, 3.05) is 42.6 Å². The molecule has 2 aromatic carbocycles. The van der Waals surface area contributed by atoms with Gasteiger partial charge < -0.3 is 24.2 Å². The lowest BCUT2D eigenvalue weighted by Crippen LogP contribution is -2.55. The number of anilines is 2. The van der Waals surface area contributed by atoms with Crippen LogP contribution in [0.5, 0.6) is 5.75 Å². The van der Waals surface area contributed by atoms with E-state index in [0.29, 0.717) is 48.9 Å². The maximum absolute atomic E-state index is 15.3. The fourth-order valence-electron chi connectivity index (χ4n) is 4.70. The van der Waals surface area contributed by atoms with Crippen LogP contribution >= 0.6 is 0 Å². The molecule has 5 rings (SSSR count). The Morgan fingerprint density at radius 3 is 2.61 bits per heavy atom. The van der Waals surface area contributed by atoms with Gasteiger partial charge in [-0.1, -0.05) is 12.1 Å². The first-order chi connectivity index (χ1) is 17.1. The van der Waals surface area contributed by atoms with Gasteiger partial charge in [-0.15, -0.1) is 0 Å². The van der Waals surface area contributed by atoms with Crippen LogP contribution in [-0.2, 0) is 9.53 Å². The third-order valence-electron chi connectivity index (χ3n) is 6.47. The maximum atomic E-state index is 15.3. The van der Waals surface area contributed by atoms with Crippen molar-refractivity contribution in [3.8, 4) is 16.9 Å². The van der Waals surface area contributed by atoms with Gasteiger partial charge in [0.2, 0.25) is 0 Å². The number of rotatable bonds is 2. The Balaban J connectivity index is 1.41. The molecule has 36 heavy (non-hydrogen) atoms. The van der Waals surface area contributed by atoms with E-state index in [4.69, 9.17) is 9.47 Å². The van der Waals surface area contributed by atoms with Gasteiger partial charge in [0.1, 0.15) is 29.8 Å². The Morgan fingerprint density at radius 2 is 1.89 bits per heavy atom. The summed E-state index contributed by atoms with van der Waals surface area (Å²) in [5, 5.41) is 4.10. The molecule has 3 heterocycles. The summed E-state index contributed by atoms with van der Waals surface area (Å²) >= 11 is 0. The minimum absolute atomic E-state index is 0.197. The van der Waals surface area contributed by atoms with Gasteiger partial charge in [0, 0.05) is 37.4 Å². The van der Waals surface area contributed by atoms with E-state index in [-0.39, 0.29) is 24.4 Å². The minimum Gasteiger partial charge on any atom is -0.483 e. The van der Waals surface area contributed by atoms with Crippen molar-refractivity contribution in [2.24, 2.45) is 5.10 Å². The van der Waals surface area contributed by atoms with Gasteiger partial charge in [0.05, 0.1) is 5.69 Å². The van der Waals surface area contributed by atoms with Crippen LogP contribution in [0.15, 0.2) is 41.5 Å². The van der Waals surface area contributed by atoms with E-state index in [1.807, 2.05) is 49.9 Å². The number of hydrogen-bond acceptors (Lipinski definition) is 7. The summed E-state index contributed by atoms with van der Waals surface area (Å²) in [5.74, 6) is 0.650.